The van der Waals surface area contributed by atoms with Gasteiger partial charge >= 0.3 is 0 Å². The van der Waals surface area contributed by atoms with Crippen LogP contribution in [0.3, 0.4) is 0 Å². The third kappa shape index (κ3) is 2.81. The van der Waals surface area contributed by atoms with Gasteiger partial charge in [0.1, 0.15) is 6.07 Å². The van der Waals surface area contributed by atoms with E-state index in [0.29, 0.717) is 0 Å². The summed E-state index contributed by atoms with van der Waals surface area (Å²) in [5.41, 5.74) is 9.49. The summed E-state index contributed by atoms with van der Waals surface area (Å²) in [5.74, 6) is -0.349. The molecule has 0 saturated carbocycles. The molecule has 0 fully saturated rings. The number of amidine groups is 1. The van der Waals surface area contributed by atoms with Gasteiger partial charge in [-0.25, -0.2) is 0 Å². The molecule has 5 heteroatoms. The van der Waals surface area contributed by atoms with Gasteiger partial charge in [0.15, 0.2) is 5.84 Å². The largest absolute Gasteiger partial charge is 0.382 e. The summed E-state index contributed by atoms with van der Waals surface area (Å²) in [4.78, 5) is 0. The Kier molecular flexibility index (Phi) is 3.41. The van der Waals surface area contributed by atoms with Crippen molar-refractivity contribution in [2.24, 2.45) is 10.8 Å². The summed E-state index contributed by atoms with van der Waals surface area (Å²) >= 11 is 0. The predicted octanol–water partition coefficient (Wildman–Crippen LogP) is 1.22. The average molecular weight is 201 g/mol. The Morgan fingerprint density at radius 2 is 2.20 bits per heavy atom. The number of aryl methyl sites for hydroxylation is 1. The van der Waals surface area contributed by atoms with Crippen molar-refractivity contribution in [2.45, 2.75) is 6.92 Å². The van der Waals surface area contributed by atoms with E-state index in [1.54, 1.807) is 6.07 Å². The topological polar surface area (TPSA) is 98.0 Å². The molecule has 0 amide bonds. The summed E-state index contributed by atoms with van der Waals surface area (Å²) in [5, 5.41) is 19.4. The summed E-state index contributed by atoms with van der Waals surface area (Å²) in [6, 6.07) is 9.23. The number of hydrazone groups is 1. The van der Waals surface area contributed by atoms with Crippen LogP contribution in [-0.4, -0.2) is 11.5 Å². The normalized spacial score (nSPS) is 10.5. The maximum atomic E-state index is 8.60. The van der Waals surface area contributed by atoms with Crippen molar-refractivity contribution < 1.29 is 0 Å². The van der Waals surface area contributed by atoms with Gasteiger partial charge in [0.25, 0.3) is 0 Å². The third-order valence-electron chi connectivity index (χ3n) is 1.79. The van der Waals surface area contributed by atoms with Crippen molar-refractivity contribution in [3.63, 3.8) is 0 Å². The summed E-state index contributed by atoms with van der Waals surface area (Å²) < 4.78 is 0. The summed E-state index contributed by atoms with van der Waals surface area (Å²) in [6.45, 7) is 1.91. The van der Waals surface area contributed by atoms with Gasteiger partial charge in [-0.3, -0.25) is 10.8 Å². The van der Waals surface area contributed by atoms with Gasteiger partial charge in [-0.2, -0.15) is 10.4 Å². The van der Waals surface area contributed by atoms with Crippen LogP contribution in [0.25, 0.3) is 0 Å². The minimum absolute atomic E-state index is 0.127. The molecule has 0 aliphatic carbocycles. The van der Waals surface area contributed by atoms with Crippen LogP contribution in [0.15, 0.2) is 29.4 Å². The molecule has 15 heavy (non-hydrogen) atoms. The van der Waals surface area contributed by atoms with Gasteiger partial charge < -0.3 is 5.73 Å². The Balaban J connectivity index is 2.85. The summed E-state index contributed by atoms with van der Waals surface area (Å²) in [7, 11) is 0. The molecule has 0 atom stereocenters. The molecule has 0 saturated heterocycles. The smallest absolute Gasteiger partial charge is 0.201 e. The zero-order chi connectivity index (χ0) is 11.3. The highest BCUT2D eigenvalue weighted by Crippen LogP contribution is 2.12. The average Bonchev–Trinajstić information content (AvgIpc) is 2.21. The van der Waals surface area contributed by atoms with E-state index in [4.69, 9.17) is 16.4 Å². The van der Waals surface area contributed by atoms with Gasteiger partial charge in [0.2, 0.25) is 5.71 Å². The molecule has 0 unspecified atom stereocenters. The van der Waals surface area contributed by atoms with Crippen LogP contribution in [0.2, 0.25) is 0 Å². The SMILES string of the molecule is Cc1ccccc1N/N=C(\C#N)C(=N)N. The van der Waals surface area contributed by atoms with Crippen LogP contribution >= 0.6 is 0 Å². The fourth-order valence-electron chi connectivity index (χ4n) is 0.960. The molecule has 5 nitrogen and oxygen atoms in total. The predicted molar refractivity (Wildman–Crippen MR) is 59.8 cm³/mol. The molecule has 76 valence electrons. The molecule has 0 bridgehead atoms. The number of nitrogens with two attached hydrogens (primary N) is 1. The molecule has 0 spiro atoms. The first-order valence-electron chi connectivity index (χ1n) is 4.29. The maximum Gasteiger partial charge on any atom is 0.201 e. The van der Waals surface area contributed by atoms with E-state index >= 15 is 0 Å². The molecule has 1 rings (SSSR count). The fraction of sp³-hybridized carbons (Fsp3) is 0.100. The van der Waals surface area contributed by atoms with Crippen molar-refractivity contribution >= 4 is 17.2 Å². The second kappa shape index (κ2) is 4.77. The van der Waals surface area contributed by atoms with Crippen LogP contribution in [0.4, 0.5) is 5.69 Å². The fourth-order valence-corrected chi connectivity index (χ4v) is 0.960. The Morgan fingerprint density at radius 1 is 1.53 bits per heavy atom. The zero-order valence-electron chi connectivity index (χ0n) is 8.28. The van der Waals surface area contributed by atoms with Crippen molar-refractivity contribution in [1.82, 2.24) is 0 Å². The van der Waals surface area contributed by atoms with E-state index < -0.39 is 0 Å². The number of benzene rings is 1. The second-order valence-electron chi connectivity index (χ2n) is 2.91. The Bertz CT molecular complexity index is 441. The van der Waals surface area contributed by atoms with Crippen molar-refractivity contribution in [2.75, 3.05) is 5.43 Å². The standard InChI is InChI=1S/C10H11N5/c1-7-4-2-3-5-8(7)14-15-9(6-11)10(12)13/h2-5,14H,1H3,(H3,12,13)/b15-9+. The number of anilines is 1. The molecule has 0 radical (unpaired) electrons. The Hall–Kier alpha value is -2.35. The number of nitrogens with zero attached hydrogens (tertiary/aromatic N) is 2. The number of rotatable bonds is 3. The number of hydrogen-bond donors (Lipinski definition) is 3. The molecule has 0 aliphatic heterocycles. The molecular weight excluding hydrogens is 190 g/mol. The lowest BCUT2D eigenvalue weighted by atomic mass is 10.2. The van der Waals surface area contributed by atoms with E-state index in [9.17, 15) is 0 Å². The van der Waals surface area contributed by atoms with Gasteiger partial charge in [-0.1, -0.05) is 18.2 Å². The molecule has 0 heterocycles. The molecule has 0 aliphatic rings. The number of hydrogen-bond acceptors (Lipinski definition) is 4. The minimum atomic E-state index is -0.349. The lowest BCUT2D eigenvalue weighted by Crippen LogP contribution is -2.21. The maximum absolute atomic E-state index is 8.60. The minimum Gasteiger partial charge on any atom is -0.382 e. The van der Waals surface area contributed by atoms with E-state index in [1.165, 1.54) is 0 Å². The molecule has 0 aromatic heterocycles. The van der Waals surface area contributed by atoms with E-state index in [2.05, 4.69) is 10.5 Å². The zero-order valence-corrected chi connectivity index (χ0v) is 8.28. The van der Waals surface area contributed by atoms with Crippen molar-refractivity contribution in [1.29, 1.82) is 10.7 Å². The third-order valence-corrected chi connectivity index (χ3v) is 1.79. The number of nitriles is 1. The van der Waals surface area contributed by atoms with Gasteiger partial charge in [0, 0.05) is 0 Å². The van der Waals surface area contributed by atoms with Gasteiger partial charge in [0.05, 0.1) is 5.69 Å². The van der Waals surface area contributed by atoms with Gasteiger partial charge in [-0.15, -0.1) is 0 Å². The van der Waals surface area contributed by atoms with Gasteiger partial charge in [-0.05, 0) is 18.6 Å². The first-order chi connectivity index (χ1) is 7.15. The Labute approximate surface area is 87.7 Å². The van der Waals surface area contributed by atoms with Crippen LogP contribution in [0, 0.1) is 23.7 Å². The second-order valence-corrected chi connectivity index (χ2v) is 2.91. The van der Waals surface area contributed by atoms with E-state index in [-0.39, 0.29) is 11.5 Å². The number of nitrogens with one attached hydrogen (secondary N) is 2. The molecule has 1 aromatic carbocycles. The van der Waals surface area contributed by atoms with Crippen LogP contribution in [0.5, 0.6) is 0 Å². The van der Waals surface area contributed by atoms with Crippen molar-refractivity contribution in [3.8, 4) is 6.07 Å². The molecular formula is C10H11N5. The van der Waals surface area contributed by atoms with Crippen LogP contribution in [-0.2, 0) is 0 Å². The number of para-hydroxylation sites is 1. The van der Waals surface area contributed by atoms with E-state index in [1.807, 2.05) is 31.2 Å². The highest BCUT2D eigenvalue weighted by Gasteiger charge is 2.01. The first-order valence-corrected chi connectivity index (χ1v) is 4.29. The summed E-state index contributed by atoms with van der Waals surface area (Å²) in [6.07, 6.45) is 0. The molecule has 4 N–H and O–H groups in total. The van der Waals surface area contributed by atoms with Crippen molar-refractivity contribution in [3.05, 3.63) is 29.8 Å². The lowest BCUT2D eigenvalue weighted by Gasteiger charge is -2.03. The van der Waals surface area contributed by atoms with E-state index in [0.717, 1.165) is 11.3 Å². The Morgan fingerprint density at radius 3 is 2.73 bits per heavy atom. The van der Waals surface area contributed by atoms with Crippen LogP contribution in [0.1, 0.15) is 5.56 Å². The monoisotopic (exact) mass is 201 g/mol. The first kappa shape index (κ1) is 10.7. The molecule has 1 aromatic rings. The lowest BCUT2D eigenvalue weighted by molar-refractivity contribution is 1.30. The van der Waals surface area contributed by atoms with Crippen LogP contribution < -0.4 is 11.2 Å². The quantitative estimate of drug-likeness (QED) is 0.389. The highest BCUT2D eigenvalue weighted by molar-refractivity contribution is 6.45. The highest BCUT2D eigenvalue weighted by atomic mass is 15.3.